The van der Waals surface area contributed by atoms with Crippen molar-refractivity contribution in [2.75, 3.05) is 32.6 Å². The fourth-order valence-electron chi connectivity index (χ4n) is 3.18. The Balaban J connectivity index is 1.60. The Kier molecular flexibility index (Phi) is 6.05. The second-order valence-corrected chi connectivity index (χ2v) is 6.49. The number of benzene rings is 2. The number of carbonyl (C=O) groups excluding carboxylic acids is 2. The molecule has 1 heterocycles. The van der Waals surface area contributed by atoms with Crippen molar-refractivity contribution in [3.8, 4) is 5.75 Å². The van der Waals surface area contributed by atoms with Gasteiger partial charge in [-0.1, -0.05) is 36.4 Å². The van der Waals surface area contributed by atoms with Crippen molar-refractivity contribution in [2.45, 2.75) is 6.04 Å². The highest BCUT2D eigenvalue weighted by Crippen LogP contribution is 2.26. The van der Waals surface area contributed by atoms with Crippen LogP contribution in [-0.4, -0.2) is 44.0 Å². The molecule has 2 amide bonds. The minimum Gasteiger partial charge on any atom is -0.497 e. The molecule has 2 aromatic carbocycles. The van der Waals surface area contributed by atoms with E-state index < -0.39 is 0 Å². The van der Waals surface area contributed by atoms with Gasteiger partial charge in [0.15, 0.2) is 0 Å². The molecule has 1 saturated heterocycles. The van der Waals surface area contributed by atoms with Crippen LogP contribution in [0.25, 0.3) is 0 Å². The van der Waals surface area contributed by atoms with Gasteiger partial charge in [-0.05, 0) is 17.7 Å². The summed E-state index contributed by atoms with van der Waals surface area (Å²) in [6.07, 6.45) is 0. The molecule has 0 radical (unpaired) electrons. The number of anilines is 1. The summed E-state index contributed by atoms with van der Waals surface area (Å²) in [5.74, 6) is 0.0458. The molecule has 1 aliphatic rings. The third kappa shape index (κ3) is 4.64. The van der Waals surface area contributed by atoms with E-state index in [2.05, 4.69) is 16.2 Å². The van der Waals surface area contributed by atoms with E-state index in [9.17, 15) is 9.59 Å². The van der Waals surface area contributed by atoms with Crippen LogP contribution in [0.1, 0.15) is 11.6 Å². The number of rotatable bonds is 6. The number of likely N-dealkylation sites (N-methyl/N-ethyl adjacent to an activating group) is 1. The Morgan fingerprint density at radius 2 is 1.96 bits per heavy atom. The molecule has 142 valence electrons. The lowest BCUT2D eigenvalue weighted by molar-refractivity contribution is -0.136. The lowest BCUT2D eigenvalue weighted by atomic mass is 9.94. The van der Waals surface area contributed by atoms with Crippen molar-refractivity contribution in [2.24, 2.45) is 5.92 Å². The van der Waals surface area contributed by atoms with Gasteiger partial charge in [0, 0.05) is 25.3 Å². The predicted octanol–water partition coefficient (Wildman–Crippen LogP) is 1.56. The number of amides is 2. The van der Waals surface area contributed by atoms with Gasteiger partial charge in [-0.3, -0.25) is 15.0 Å². The Hall–Kier alpha value is -2.90. The number of nitrogens with one attached hydrogen (secondary N) is 3. The summed E-state index contributed by atoms with van der Waals surface area (Å²) in [4.78, 5) is 26.6. The molecule has 3 N–H and O–H groups in total. The summed E-state index contributed by atoms with van der Waals surface area (Å²) in [7, 11) is 3.22. The van der Waals surface area contributed by atoms with Crippen molar-refractivity contribution in [3.05, 3.63) is 60.2 Å². The third-order valence-corrected chi connectivity index (χ3v) is 4.57. The molecule has 7 nitrogen and oxygen atoms in total. The van der Waals surface area contributed by atoms with Crippen LogP contribution in [-0.2, 0) is 9.59 Å². The molecular formula is C20H24N4O3. The molecule has 1 aliphatic heterocycles. The summed E-state index contributed by atoms with van der Waals surface area (Å²) < 4.78 is 5.15. The number of methoxy groups -OCH3 is 1. The van der Waals surface area contributed by atoms with Gasteiger partial charge in [0.2, 0.25) is 11.8 Å². The maximum atomic E-state index is 12.9. The van der Waals surface area contributed by atoms with Gasteiger partial charge in [0.05, 0.1) is 25.6 Å². The topological polar surface area (TPSA) is 82.7 Å². The number of hydrogen-bond donors (Lipinski definition) is 3. The second-order valence-electron chi connectivity index (χ2n) is 6.49. The van der Waals surface area contributed by atoms with Gasteiger partial charge >= 0.3 is 0 Å². The standard InChI is InChI=1S/C20H24N4O3/c1-24(13-18(25)22-15-9-6-10-16(11-15)27-2)20(26)17-12-21-23-19(17)14-7-4-3-5-8-14/h3-11,17,19,21,23H,12-13H2,1-2H3,(H,22,25). The van der Waals surface area contributed by atoms with Crippen molar-refractivity contribution in [1.29, 1.82) is 0 Å². The van der Waals surface area contributed by atoms with Crippen LogP contribution < -0.4 is 20.9 Å². The zero-order valence-corrected chi connectivity index (χ0v) is 15.4. The highest BCUT2D eigenvalue weighted by Gasteiger charge is 2.35. The maximum Gasteiger partial charge on any atom is 0.243 e. The van der Waals surface area contributed by atoms with E-state index in [1.165, 1.54) is 4.90 Å². The van der Waals surface area contributed by atoms with Crippen LogP contribution in [0.2, 0.25) is 0 Å². The van der Waals surface area contributed by atoms with Crippen LogP contribution in [0.5, 0.6) is 5.75 Å². The zero-order chi connectivity index (χ0) is 19.2. The van der Waals surface area contributed by atoms with Gasteiger partial charge in [-0.25, -0.2) is 5.43 Å². The molecule has 27 heavy (non-hydrogen) atoms. The molecule has 7 heteroatoms. The van der Waals surface area contributed by atoms with Gasteiger partial charge in [0.1, 0.15) is 5.75 Å². The lowest BCUT2D eigenvalue weighted by Gasteiger charge is -2.24. The first kappa shape index (κ1) is 18.9. The van der Waals surface area contributed by atoms with Crippen molar-refractivity contribution < 1.29 is 14.3 Å². The smallest absolute Gasteiger partial charge is 0.243 e. The van der Waals surface area contributed by atoms with Gasteiger partial charge in [-0.15, -0.1) is 0 Å². The van der Waals surface area contributed by atoms with Crippen LogP contribution in [0.4, 0.5) is 5.69 Å². The van der Waals surface area contributed by atoms with Gasteiger partial charge < -0.3 is 15.0 Å². The Morgan fingerprint density at radius 3 is 2.70 bits per heavy atom. The predicted molar refractivity (Wildman–Crippen MR) is 103 cm³/mol. The Labute approximate surface area is 158 Å². The Bertz CT molecular complexity index is 797. The molecule has 0 aliphatic carbocycles. The third-order valence-electron chi connectivity index (χ3n) is 4.57. The van der Waals surface area contributed by atoms with Crippen molar-refractivity contribution >= 4 is 17.5 Å². The summed E-state index contributed by atoms with van der Waals surface area (Å²) >= 11 is 0. The largest absolute Gasteiger partial charge is 0.497 e. The molecule has 0 saturated carbocycles. The molecule has 0 spiro atoms. The normalized spacial score (nSPS) is 18.7. The van der Waals surface area contributed by atoms with Crippen LogP contribution >= 0.6 is 0 Å². The maximum absolute atomic E-state index is 12.9. The van der Waals surface area contributed by atoms with Gasteiger partial charge in [0.25, 0.3) is 0 Å². The quantitative estimate of drug-likeness (QED) is 0.721. The molecule has 3 rings (SSSR count). The Morgan fingerprint density at radius 1 is 1.19 bits per heavy atom. The number of hydrazine groups is 1. The molecule has 0 bridgehead atoms. The SMILES string of the molecule is COc1cccc(NC(=O)CN(C)C(=O)C2CNNC2c2ccccc2)c1. The summed E-state index contributed by atoms with van der Waals surface area (Å²) in [6.45, 7) is 0.494. The van der Waals surface area contributed by atoms with E-state index in [4.69, 9.17) is 4.74 Å². The minimum absolute atomic E-state index is 0.0198. The van der Waals surface area contributed by atoms with E-state index in [0.29, 0.717) is 18.0 Å². The number of nitrogens with zero attached hydrogens (tertiary/aromatic N) is 1. The number of carbonyl (C=O) groups is 2. The molecule has 2 unspecified atom stereocenters. The van der Waals surface area contributed by atoms with Gasteiger partial charge in [-0.2, -0.15) is 0 Å². The van der Waals surface area contributed by atoms with E-state index in [-0.39, 0.29) is 30.3 Å². The molecule has 2 atom stereocenters. The summed E-state index contributed by atoms with van der Waals surface area (Å²) in [5, 5.41) is 2.79. The number of hydrogen-bond acceptors (Lipinski definition) is 5. The average Bonchev–Trinajstić information content (AvgIpc) is 3.17. The fraction of sp³-hybridized carbons (Fsp3) is 0.300. The highest BCUT2D eigenvalue weighted by molar-refractivity contribution is 5.95. The number of ether oxygens (including phenoxy) is 1. The van der Waals surface area contributed by atoms with Crippen LogP contribution in [0.3, 0.4) is 0 Å². The monoisotopic (exact) mass is 368 g/mol. The van der Waals surface area contributed by atoms with Crippen LogP contribution in [0, 0.1) is 5.92 Å². The van der Waals surface area contributed by atoms with Crippen molar-refractivity contribution in [3.63, 3.8) is 0 Å². The fourth-order valence-corrected chi connectivity index (χ4v) is 3.18. The van der Waals surface area contributed by atoms with E-state index in [0.717, 1.165) is 5.56 Å². The molecular weight excluding hydrogens is 344 g/mol. The average molecular weight is 368 g/mol. The van der Waals surface area contributed by atoms with E-state index in [1.54, 1.807) is 38.4 Å². The van der Waals surface area contributed by atoms with E-state index >= 15 is 0 Å². The first-order valence-electron chi connectivity index (χ1n) is 8.80. The zero-order valence-electron chi connectivity index (χ0n) is 15.4. The second kappa shape index (κ2) is 8.66. The molecule has 2 aromatic rings. The minimum atomic E-state index is -0.276. The lowest BCUT2D eigenvalue weighted by Crippen LogP contribution is -2.40. The summed E-state index contributed by atoms with van der Waals surface area (Å²) in [6, 6.07) is 16.8. The summed E-state index contributed by atoms with van der Waals surface area (Å²) in [5.41, 5.74) is 7.87. The first-order valence-corrected chi connectivity index (χ1v) is 8.80. The van der Waals surface area contributed by atoms with E-state index in [1.807, 2.05) is 30.3 Å². The van der Waals surface area contributed by atoms with Crippen molar-refractivity contribution in [1.82, 2.24) is 15.8 Å². The molecule has 0 aromatic heterocycles. The highest BCUT2D eigenvalue weighted by atomic mass is 16.5. The molecule has 1 fully saturated rings. The van der Waals surface area contributed by atoms with Crippen LogP contribution in [0.15, 0.2) is 54.6 Å². The first-order chi connectivity index (χ1) is 13.1.